The Morgan fingerprint density at radius 2 is 1.94 bits per heavy atom. The molecule has 0 aliphatic carbocycles. The Hall–Kier alpha value is -1.96. The van der Waals surface area contributed by atoms with Crippen LogP contribution in [-0.4, -0.2) is 30.2 Å². The number of rotatable bonds is 3. The number of halogens is 2. The van der Waals surface area contributed by atoms with E-state index in [0.29, 0.717) is 5.52 Å². The van der Waals surface area contributed by atoms with E-state index < -0.39 is 26.5 Å². The SMILES string of the molecule is O=C(O)c1cc2cc(S(=O)(=O)C(F)F)ccc2[nH]1. The zero-order chi connectivity index (χ0) is 13.5. The van der Waals surface area contributed by atoms with Crippen LogP contribution in [0.5, 0.6) is 0 Å². The highest BCUT2D eigenvalue weighted by Gasteiger charge is 2.26. The van der Waals surface area contributed by atoms with Crippen molar-refractivity contribution in [1.29, 1.82) is 0 Å². The van der Waals surface area contributed by atoms with Gasteiger partial charge in [0.1, 0.15) is 5.69 Å². The van der Waals surface area contributed by atoms with Crippen LogP contribution in [-0.2, 0) is 9.84 Å². The number of nitrogens with one attached hydrogen (secondary N) is 1. The number of carbonyl (C=O) groups is 1. The standard InChI is InChI=1S/C10H7F2NO4S/c11-10(12)18(16,17)6-1-2-7-5(3-6)4-8(13-7)9(14)15/h1-4,10,13H,(H,14,15). The van der Waals surface area contributed by atoms with Gasteiger partial charge in [-0.2, -0.15) is 8.78 Å². The van der Waals surface area contributed by atoms with Gasteiger partial charge in [0.2, 0.25) is 9.84 Å². The normalized spacial score (nSPS) is 12.2. The summed E-state index contributed by atoms with van der Waals surface area (Å²) in [6.07, 6.45) is 0. The zero-order valence-corrected chi connectivity index (χ0v) is 9.54. The maximum atomic E-state index is 12.3. The summed E-state index contributed by atoms with van der Waals surface area (Å²) in [4.78, 5) is 12.7. The molecule has 96 valence electrons. The minimum Gasteiger partial charge on any atom is -0.477 e. The highest BCUT2D eigenvalue weighted by Crippen LogP contribution is 2.23. The van der Waals surface area contributed by atoms with Crippen molar-refractivity contribution < 1.29 is 27.1 Å². The minimum atomic E-state index is -4.67. The van der Waals surface area contributed by atoms with Gasteiger partial charge in [-0.05, 0) is 24.3 Å². The molecule has 0 radical (unpaired) electrons. The van der Waals surface area contributed by atoms with Crippen LogP contribution < -0.4 is 0 Å². The number of H-pyrrole nitrogens is 1. The largest absolute Gasteiger partial charge is 0.477 e. The average molecular weight is 275 g/mol. The number of sulfone groups is 1. The van der Waals surface area contributed by atoms with Gasteiger partial charge in [0.15, 0.2) is 0 Å². The molecule has 0 spiro atoms. The van der Waals surface area contributed by atoms with Crippen LogP contribution in [0.25, 0.3) is 10.9 Å². The van der Waals surface area contributed by atoms with Gasteiger partial charge in [-0.3, -0.25) is 0 Å². The molecular formula is C10H7F2NO4S. The Morgan fingerprint density at radius 1 is 1.28 bits per heavy atom. The first kappa shape index (κ1) is 12.5. The first-order chi connectivity index (χ1) is 8.32. The summed E-state index contributed by atoms with van der Waals surface area (Å²) in [5.74, 6) is -4.72. The number of carboxylic acid groups (broad SMARTS) is 1. The number of hydrogen-bond acceptors (Lipinski definition) is 3. The third-order valence-corrected chi connectivity index (χ3v) is 3.77. The number of fused-ring (bicyclic) bond motifs is 1. The number of aromatic amines is 1. The van der Waals surface area contributed by atoms with Crippen molar-refractivity contribution >= 4 is 26.7 Å². The van der Waals surface area contributed by atoms with E-state index in [0.717, 1.165) is 12.1 Å². The molecule has 0 amide bonds. The van der Waals surface area contributed by atoms with E-state index in [-0.39, 0.29) is 11.1 Å². The highest BCUT2D eigenvalue weighted by atomic mass is 32.2. The summed E-state index contributed by atoms with van der Waals surface area (Å²) >= 11 is 0. The Labute approximate surface area is 100.0 Å². The molecule has 0 saturated carbocycles. The second-order valence-corrected chi connectivity index (χ2v) is 5.46. The van der Waals surface area contributed by atoms with Crippen molar-refractivity contribution in [2.24, 2.45) is 0 Å². The van der Waals surface area contributed by atoms with Crippen molar-refractivity contribution in [2.45, 2.75) is 10.7 Å². The number of carboxylic acids is 1. The molecule has 1 aromatic carbocycles. The summed E-state index contributed by atoms with van der Waals surface area (Å²) in [5.41, 5.74) is 0.220. The van der Waals surface area contributed by atoms with E-state index in [1.807, 2.05) is 0 Å². The average Bonchev–Trinajstić information content (AvgIpc) is 2.71. The van der Waals surface area contributed by atoms with Gasteiger partial charge in [0, 0.05) is 10.9 Å². The Kier molecular flexibility index (Phi) is 2.81. The van der Waals surface area contributed by atoms with Gasteiger partial charge in [-0.15, -0.1) is 0 Å². The fourth-order valence-electron chi connectivity index (χ4n) is 1.51. The van der Waals surface area contributed by atoms with Gasteiger partial charge in [-0.25, -0.2) is 13.2 Å². The molecule has 1 heterocycles. The predicted octanol–water partition coefficient (Wildman–Crippen LogP) is 1.86. The molecule has 0 bridgehead atoms. The summed E-state index contributed by atoms with van der Waals surface area (Å²) in [6, 6.07) is 4.45. The lowest BCUT2D eigenvalue weighted by atomic mass is 10.2. The van der Waals surface area contributed by atoms with E-state index in [1.54, 1.807) is 0 Å². The summed E-state index contributed by atoms with van der Waals surface area (Å²) in [7, 11) is -4.67. The van der Waals surface area contributed by atoms with Crippen LogP contribution in [0.2, 0.25) is 0 Å². The second kappa shape index (κ2) is 4.05. The van der Waals surface area contributed by atoms with Crippen LogP contribution in [0.15, 0.2) is 29.2 Å². The van der Waals surface area contributed by atoms with Crippen LogP contribution in [0.1, 0.15) is 10.5 Å². The molecule has 2 rings (SSSR count). The molecule has 2 aromatic rings. The lowest BCUT2D eigenvalue weighted by molar-refractivity contribution is 0.0691. The lowest BCUT2D eigenvalue weighted by Gasteiger charge is -2.02. The fourth-order valence-corrected chi connectivity index (χ4v) is 2.26. The topological polar surface area (TPSA) is 87.2 Å². The maximum absolute atomic E-state index is 12.3. The van der Waals surface area contributed by atoms with Crippen molar-refractivity contribution in [1.82, 2.24) is 4.98 Å². The smallest absolute Gasteiger partial charge is 0.352 e. The van der Waals surface area contributed by atoms with E-state index in [1.165, 1.54) is 12.1 Å². The molecule has 18 heavy (non-hydrogen) atoms. The molecule has 0 aliphatic heterocycles. The number of hydrogen-bond donors (Lipinski definition) is 2. The van der Waals surface area contributed by atoms with Gasteiger partial charge in [0.05, 0.1) is 4.90 Å². The van der Waals surface area contributed by atoms with E-state index in [9.17, 15) is 22.0 Å². The third-order valence-electron chi connectivity index (χ3n) is 2.39. The van der Waals surface area contributed by atoms with Crippen LogP contribution >= 0.6 is 0 Å². The van der Waals surface area contributed by atoms with Crippen LogP contribution in [0.3, 0.4) is 0 Å². The second-order valence-electron chi connectivity index (χ2n) is 3.54. The molecule has 1 aromatic heterocycles. The minimum absolute atomic E-state index is 0.142. The van der Waals surface area contributed by atoms with E-state index >= 15 is 0 Å². The number of aromatic nitrogens is 1. The molecular weight excluding hydrogens is 268 g/mol. The summed E-state index contributed by atoms with van der Waals surface area (Å²) in [6.45, 7) is 0. The van der Waals surface area contributed by atoms with Crippen molar-refractivity contribution in [2.75, 3.05) is 0 Å². The molecule has 2 N–H and O–H groups in total. The van der Waals surface area contributed by atoms with Gasteiger partial charge < -0.3 is 10.1 Å². The molecule has 8 heteroatoms. The molecule has 5 nitrogen and oxygen atoms in total. The van der Waals surface area contributed by atoms with E-state index in [4.69, 9.17) is 5.11 Å². The van der Waals surface area contributed by atoms with Crippen molar-refractivity contribution in [3.05, 3.63) is 30.0 Å². The van der Waals surface area contributed by atoms with Crippen LogP contribution in [0.4, 0.5) is 8.78 Å². The molecule has 0 atom stereocenters. The lowest BCUT2D eigenvalue weighted by Crippen LogP contribution is -2.11. The Bertz CT molecular complexity index is 721. The van der Waals surface area contributed by atoms with Crippen molar-refractivity contribution in [3.63, 3.8) is 0 Å². The number of alkyl halides is 2. The van der Waals surface area contributed by atoms with Crippen LogP contribution in [0, 0.1) is 0 Å². The number of aromatic carboxylic acids is 1. The molecule has 0 fully saturated rings. The molecule has 0 saturated heterocycles. The monoisotopic (exact) mass is 275 g/mol. The first-order valence-electron chi connectivity index (χ1n) is 4.70. The van der Waals surface area contributed by atoms with E-state index in [2.05, 4.69) is 4.98 Å². The van der Waals surface area contributed by atoms with Gasteiger partial charge in [-0.1, -0.05) is 0 Å². The highest BCUT2D eigenvalue weighted by molar-refractivity contribution is 7.91. The zero-order valence-electron chi connectivity index (χ0n) is 8.72. The quantitative estimate of drug-likeness (QED) is 0.895. The van der Waals surface area contributed by atoms with Gasteiger partial charge >= 0.3 is 11.7 Å². The maximum Gasteiger partial charge on any atom is 0.352 e. The fraction of sp³-hybridized carbons (Fsp3) is 0.100. The summed E-state index contributed by atoms with van der Waals surface area (Å²) < 4.78 is 47.2. The number of benzene rings is 1. The Balaban J connectivity index is 2.61. The molecule has 0 aliphatic rings. The first-order valence-corrected chi connectivity index (χ1v) is 6.25. The molecule has 0 unspecified atom stereocenters. The predicted molar refractivity (Wildman–Crippen MR) is 58.4 cm³/mol. The third kappa shape index (κ3) is 1.94. The van der Waals surface area contributed by atoms with Gasteiger partial charge in [0.25, 0.3) is 0 Å². The summed E-state index contributed by atoms with van der Waals surface area (Å²) in [5, 5.41) is 8.98. The Morgan fingerprint density at radius 3 is 2.50 bits per heavy atom. The van der Waals surface area contributed by atoms with Crippen molar-refractivity contribution in [3.8, 4) is 0 Å².